The molecule has 0 unspecified atom stereocenters. The second-order valence-corrected chi connectivity index (χ2v) is 6.43. The summed E-state index contributed by atoms with van der Waals surface area (Å²) in [6, 6.07) is 11.7. The number of fused-ring (bicyclic) bond motifs is 1. The number of ether oxygens (including phenoxy) is 1. The zero-order chi connectivity index (χ0) is 20.1. The van der Waals surface area contributed by atoms with E-state index in [1.165, 1.54) is 24.3 Å². The lowest BCUT2D eigenvalue weighted by Gasteiger charge is -2.12. The minimum Gasteiger partial charge on any atom is -0.486 e. The van der Waals surface area contributed by atoms with Crippen molar-refractivity contribution >= 4 is 10.8 Å². The number of hydrogen-bond donors (Lipinski definition) is 0. The maximum Gasteiger partial charge on any atom is 0.175 e. The highest BCUT2D eigenvalue weighted by atomic mass is 19.2. The second kappa shape index (κ2) is 8.79. The van der Waals surface area contributed by atoms with Gasteiger partial charge in [-0.1, -0.05) is 55.1 Å². The zero-order valence-corrected chi connectivity index (χ0v) is 15.6. The van der Waals surface area contributed by atoms with E-state index < -0.39 is 22.8 Å². The average molecular weight is 382 g/mol. The molecule has 0 fully saturated rings. The van der Waals surface area contributed by atoms with E-state index in [4.69, 9.17) is 4.74 Å². The van der Waals surface area contributed by atoms with Crippen molar-refractivity contribution < 1.29 is 17.9 Å². The number of allylic oxidation sites excluding steroid dienone is 2. The fraction of sp³-hybridized carbons (Fsp3) is 0.167. The van der Waals surface area contributed by atoms with Crippen LogP contribution in [0.15, 0.2) is 67.3 Å². The topological polar surface area (TPSA) is 9.23 Å². The minimum absolute atomic E-state index is 0.0744. The molecule has 4 heteroatoms. The van der Waals surface area contributed by atoms with E-state index in [1.54, 1.807) is 12.1 Å². The van der Waals surface area contributed by atoms with Crippen LogP contribution in [0, 0.1) is 17.5 Å². The van der Waals surface area contributed by atoms with Crippen molar-refractivity contribution in [2.24, 2.45) is 0 Å². The molecule has 3 rings (SSSR count). The van der Waals surface area contributed by atoms with Crippen LogP contribution in [0.3, 0.4) is 0 Å². The minimum atomic E-state index is -1.22. The van der Waals surface area contributed by atoms with E-state index in [0.717, 1.165) is 18.4 Å². The van der Waals surface area contributed by atoms with Gasteiger partial charge in [0.15, 0.2) is 23.2 Å². The molecule has 144 valence electrons. The van der Waals surface area contributed by atoms with Crippen LogP contribution in [0.4, 0.5) is 13.2 Å². The molecule has 0 saturated carbocycles. The first-order valence-corrected chi connectivity index (χ1v) is 9.11. The van der Waals surface area contributed by atoms with Crippen LogP contribution >= 0.6 is 0 Å². The summed E-state index contributed by atoms with van der Waals surface area (Å²) in [6.07, 6.45) is 7.32. The highest BCUT2D eigenvalue weighted by Gasteiger charge is 2.20. The van der Waals surface area contributed by atoms with Crippen LogP contribution in [-0.4, -0.2) is 6.61 Å². The third-order valence-electron chi connectivity index (χ3n) is 4.54. The molecule has 0 amide bonds. The third kappa shape index (κ3) is 3.96. The Kier molecular flexibility index (Phi) is 6.19. The van der Waals surface area contributed by atoms with Gasteiger partial charge in [0, 0.05) is 5.56 Å². The van der Waals surface area contributed by atoms with Crippen LogP contribution in [0.1, 0.15) is 18.9 Å². The van der Waals surface area contributed by atoms with Gasteiger partial charge >= 0.3 is 0 Å². The molecule has 0 aromatic heterocycles. The van der Waals surface area contributed by atoms with E-state index in [1.807, 2.05) is 25.1 Å². The maximum absolute atomic E-state index is 14.7. The summed E-state index contributed by atoms with van der Waals surface area (Å²) in [7, 11) is 0. The molecule has 3 aromatic carbocycles. The van der Waals surface area contributed by atoms with E-state index in [-0.39, 0.29) is 23.3 Å². The number of halogens is 3. The maximum atomic E-state index is 14.7. The summed E-state index contributed by atoms with van der Waals surface area (Å²) in [5.41, 5.74) is 1.75. The van der Waals surface area contributed by atoms with Gasteiger partial charge in [-0.3, -0.25) is 0 Å². The van der Waals surface area contributed by atoms with Gasteiger partial charge in [0.25, 0.3) is 0 Å². The lowest BCUT2D eigenvalue weighted by molar-refractivity contribution is 0.343. The van der Waals surface area contributed by atoms with Crippen LogP contribution in [-0.2, 0) is 6.42 Å². The first-order chi connectivity index (χ1) is 13.6. The first kappa shape index (κ1) is 19.7. The lowest BCUT2D eigenvalue weighted by atomic mass is 9.98. The highest BCUT2D eigenvalue weighted by molar-refractivity contribution is 5.90. The van der Waals surface area contributed by atoms with E-state index in [0.29, 0.717) is 5.56 Å². The van der Waals surface area contributed by atoms with Gasteiger partial charge in [0.1, 0.15) is 6.61 Å². The highest BCUT2D eigenvalue weighted by Crippen LogP contribution is 2.35. The first-order valence-electron chi connectivity index (χ1n) is 9.11. The van der Waals surface area contributed by atoms with Gasteiger partial charge in [-0.25, -0.2) is 13.2 Å². The Hall–Kier alpha value is -3.01. The van der Waals surface area contributed by atoms with Gasteiger partial charge in [0.05, 0.1) is 5.39 Å². The molecule has 0 N–H and O–H groups in total. The summed E-state index contributed by atoms with van der Waals surface area (Å²) < 4.78 is 49.2. The molecule has 0 aliphatic heterocycles. The fourth-order valence-electron chi connectivity index (χ4n) is 3.10. The molecule has 0 atom stereocenters. The van der Waals surface area contributed by atoms with Crippen LogP contribution < -0.4 is 4.74 Å². The van der Waals surface area contributed by atoms with Crippen LogP contribution in [0.2, 0.25) is 0 Å². The fourth-order valence-corrected chi connectivity index (χ4v) is 3.10. The lowest BCUT2D eigenvalue weighted by Crippen LogP contribution is -1.99. The molecule has 1 nitrogen and oxygen atoms in total. The zero-order valence-electron chi connectivity index (χ0n) is 15.6. The predicted molar refractivity (Wildman–Crippen MR) is 108 cm³/mol. The van der Waals surface area contributed by atoms with Gasteiger partial charge in [-0.2, -0.15) is 0 Å². The molecular weight excluding hydrogens is 361 g/mol. The molecule has 0 heterocycles. The Labute approximate surface area is 162 Å². The molecule has 28 heavy (non-hydrogen) atoms. The van der Waals surface area contributed by atoms with Crippen molar-refractivity contribution in [1.82, 2.24) is 0 Å². The van der Waals surface area contributed by atoms with Crippen molar-refractivity contribution in [3.05, 3.63) is 90.3 Å². The summed E-state index contributed by atoms with van der Waals surface area (Å²) in [5.74, 6) is -3.34. The average Bonchev–Trinajstić information content (AvgIpc) is 2.71. The van der Waals surface area contributed by atoms with Crippen molar-refractivity contribution in [3.63, 3.8) is 0 Å². The molecule has 0 spiro atoms. The van der Waals surface area contributed by atoms with Crippen molar-refractivity contribution in [2.75, 3.05) is 6.61 Å². The number of aryl methyl sites for hydroxylation is 1. The van der Waals surface area contributed by atoms with Crippen molar-refractivity contribution in [3.8, 4) is 16.9 Å². The summed E-state index contributed by atoms with van der Waals surface area (Å²) >= 11 is 0. The molecule has 0 bridgehead atoms. The standard InChI is InChI=1S/C24H21F3O/c1-3-5-6-7-16-8-10-17(11-9-16)19-15-18-12-13-20(28-14-4-2)23(26)21(18)24(27)22(19)25/h3-5,8-13,15H,2,6-7,14H2,1H3/b5-3+. The van der Waals surface area contributed by atoms with Gasteiger partial charge in [0.2, 0.25) is 0 Å². The second-order valence-electron chi connectivity index (χ2n) is 6.43. The summed E-state index contributed by atoms with van der Waals surface area (Å²) in [4.78, 5) is 0. The number of rotatable bonds is 7. The normalized spacial score (nSPS) is 11.3. The van der Waals surface area contributed by atoms with E-state index >= 15 is 0 Å². The van der Waals surface area contributed by atoms with Gasteiger partial charge in [-0.15, -0.1) is 0 Å². The summed E-state index contributed by atoms with van der Waals surface area (Å²) in [6.45, 7) is 5.53. The largest absolute Gasteiger partial charge is 0.486 e. The SMILES string of the molecule is C=CCOc1ccc2cc(-c3ccc(CC/C=C/C)cc3)c(F)c(F)c2c1F. The smallest absolute Gasteiger partial charge is 0.175 e. The van der Waals surface area contributed by atoms with Gasteiger partial charge < -0.3 is 4.74 Å². The van der Waals surface area contributed by atoms with E-state index in [2.05, 4.69) is 12.7 Å². The Morgan fingerprint density at radius 2 is 1.71 bits per heavy atom. The third-order valence-corrected chi connectivity index (χ3v) is 4.54. The number of hydrogen-bond acceptors (Lipinski definition) is 1. The monoisotopic (exact) mass is 382 g/mol. The molecule has 0 radical (unpaired) electrons. The van der Waals surface area contributed by atoms with Crippen LogP contribution in [0.5, 0.6) is 5.75 Å². The van der Waals surface area contributed by atoms with Crippen molar-refractivity contribution in [2.45, 2.75) is 19.8 Å². The Morgan fingerprint density at radius 1 is 0.964 bits per heavy atom. The quantitative estimate of drug-likeness (QED) is 0.400. The Morgan fingerprint density at radius 3 is 2.39 bits per heavy atom. The van der Waals surface area contributed by atoms with Crippen molar-refractivity contribution in [1.29, 1.82) is 0 Å². The molecule has 0 saturated heterocycles. The molecule has 0 aliphatic rings. The predicted octanol–water partition coefficient (Wildman–Crippen LogP) is 7.00. The molecular formula is C24H21F3O. The Balaban J connectivity index is 2.01. The van der Waals surface area contributed by atoms with Gasteiger partial charge in [-0.05, 0) is 48.4 Å². The summed E-state index contributed by atoms with van der Waals surface area (Å²) in [5, 5.41) is -0.139. The molecule has 0 aliphatic carbocycles. The molecule has 3 aromatic rings. The number of benzene rings is 3. The van der Waals surface area contributed by atoms with E-state index in [9.17, 15) is 13.2 Å². The Bertz CT molecular complexity index is 1020. The van der Waals surface area contributed by atoms with Crippen LogP contribution in [0.25, 0.3) is 21.9 Å².